The van der Waals surface area contributed by atoms with Crippen LogP contribution in [-0.4, -0.2) is 12.6 Å². The molecule has 3 heteroatoms. The van der Waals surface area contributed by atoms with Gasteiger partial charge in [-0.3, -0.25) is 0 Å². The Bertz CT molecular complexity index is 449. The first-order valence-corrected chi connectivity index (χ1v) is 8.18. The van der Waals surface area contributed by atoms with E-state index in [2.05, 4.69) is 30.4 Å². The highest BCUT2D eigenvalue weighted by atomic mass is 16.5. The Labute approximate surface area is 128 Å². The van der Waals surface area contributed by atoms with Crippen molar-refractivity contribution in [2.75, 3.05) is 6.61 Å². The predicted octanol–water partition coefficient (Wildman–Crippen LogP) is 4.04. The van der Waals surface area contributed by atoms with Crippen LogP contribution in [0.2, 0.25) is 0 Å². The summed E-state index contributed by atoms with van der Waals surface area (Å²) in [4.78, 5) is 0. The SMILES string of the molecule is CCCCCOc1ccc(CNC2CCCC2C#N)cc1. The zero-order valence-electron chi connectivity index (χ0n) is 13.0. The van der Waals surface area contributed by atoms with Gasteiger partial charge < -0.3 is 10.1 Å². The van der Waals surface area contributed by atoms with Gasteiger partial charge in [-0.05, 0) is 37.0 Å². The summed E-state index contributed by atoms with van der Waals surface area (Å²) in [6.07, 6.45) is 6.90. The summed E-state index contributed by atoms with van der Waals surface area (Å²) in [5.41, 5.74) is 1.25. The first kappa shape index (κ1) is 15.9. The molecule has 0 saturated heterocycles. The first-order valence-electron chi connectivity index (χ1n) is 8.18. The van der Waals surface area contributed by atoms with Crippen molar-refractivity contribution >= 4 is 0 Å². The zero-order valence-corrected chi connectivity index (χ0v) is 13.0. The minimum Gasteiger partial charge on any atom is -0.494 e. The van der Waals surface area contributed by atoms with Crippen molar-refractivity contribution in [2.24, 2.45) is 5.92 Å². The second-order valence-corrected chi connectivity index (χ2v) is 5.85. The maximum absolute atomic E-state index is 9.08. The van der Waals surface area contributed by atoms with Crippen LogP contribution >= 0.6 is 0 Å². The predicted molar refractivity (Wildman–Crippen MR) is 85.0 cm³/mol. The van der Waals surface area contributed by atoms with E-state index in [1.165, 1.54) is 24.8 Å². The molecule has 0 amide bonds. The zero-order chi connectivity index (χ0) is 14.9. The van der Waals surface area contributed by atoms with E-state index in [0.29, 0.717) is 6.04 Å². The average molecular weight is 286 g/mol. The number of nitrogens with one attached hydrogen (secondary N) is 1. The van der Waals surface area contributed by atoms with Crippen LogP contribution in [0.4, 0.5) is 0 Å². The molecular weight excluding hydrogens is 260 g/mol. The van der Waals surface area contributed by atoms with Crippen LogP contribution in [0.25, 0.3) is 0 Å². The van der Waals surface area contributed by atoms with E-state index in [9.17, 15) is 0 Å². The maximum atomic E-state index is 9.08. The van der Waals surface area contributed by atoms with Crippen LogP contribution < -0.4 is 10.1 Å². The van der Waals surface area contributed by atoms with Crippen LogP contribution in [0.3, 0.4) is 0 Å². The summed E-state index contributed by atoms with van der Waals surface area (Å²) in [7, 11) is 0. The van der Waals surface area contributed by atoms with Gasteiger partial charge in [0, 0.05) is 12.6 Å². The third-order valence-corrected chi connectivity index (χ3v) is 4.19. The highest BCUT2D eigenvalue weighted by molar-refractivity contribution is 5.27. The van der Waals surface area contributed by atoms with Gasteiger partial charge in [0.25, 0.3) is 0 Å². The second-order valence-electron chi connectivity index (χ2n) is 5.85. The summed E-state index contributed by atoms with van der Waals surface area (Å²) in [6.45, 7) is 3.83. The molecule has 2 unspecified atom stereocenters. The second kappa shape index (κ2) is 8.69. The fourth-order valence-corrected chi connectivity index (χ4v) is 2.85. The minimum atomic E-state index is 0.186. The largest absolute Gasteiger partial charge is 0.494 e. The van der Waals surface area contributed by atoms with Crippen molar-refractivity contribution in [3.8, 4) is 11.8 Å². The van der Waals surface area contributed by atoms with Crippen molar-refractivity contribution in [3.05, 3.63) is 29.8 Å². The average Bonchev–Trinajstić information content (AvgIpc) is 2.98. The lowest BCUT2D eigenvalue weighted by Gasteiger charge is -2.15. The van der Waals surface area contributed by atoms with Gasteiger partial charge in [-0.15, -0.1) is 0 Å². The van der Waals surface area contributed by atoms with Gasteiger partial charge in [-0.2, -0.15) is 5.26 Å². The summed E-state index contributed by atoms with van der Waals surface area (Å²) < 4.78 is 5.71. The Kier molecular flexibility index (Phi) is 6.56. The summed E-state index contributed by atoms with van der Waals surface area (Å²) in [5.74, 6) is 1.14. The molecular formula is C18H26N2O. The molecule has 0 radical (unpaired) electrons. The third-order valence-electron chi connectivity index (χ3n) is 4.19. The lowest BCUT2D eigenvalue weighted by atomic mass is 10.1. The molecule has 0 spiro atoms. The van der Waals surface area contributed by atoms with E-state index in [1.807, 2.05) is 12.1 Å². The Morgan fingerprint density at radius 3 is 2.76 bits per heavy atom. The standard InChI is InChI=1S/C18H26N2O/c1-2-3-4-12-21-17-10-8-15(9-11-17)14-20-18-7-5-6-16(18)13-19/h8-11,16,18,20H,2-7,12,14H2,1H3. The molecule has 0 heterocycles. The van der Waals surface area contributed by atoms with E-state index in [4.69, 9.17) is 10.00 Å². The van der Waals surface area contributed by atoms with E-state index < -0.39 is 0 Å². The molecule has 1 aromatic rings. The van der Waals surface area contributed by atoms with Crippen molar-refractivity contribution < 1.29 is 4.74 Å². The molecule has 0 aliphatic heterocycles. The molecule has 2 rings (SSSR count). The Morgan fingerprint density at radius 1 is 1.24 bits per heavy atom. The lowest BCUT2D eigenvalue weighted by molar-refractivity contribution is 0.306. The van der Waals surface area contributed by atoms with Crippen molar-refractivity contribution in [3.63, 3.8) is 0 Å². The number of unbranched alkanes of at least 4 members (excludes halogenated alkanes) is 2. The number of hydrogen-bond donors (Lipinski definition) is 1. The van der Waals surface area contributed by atoms with Gasteiger partial charge >= 0.3 is 0 Å². The van der Waals surface area contributed by atoms with Crippen LogP contribution in [0.15, 0.2) is 24.3 Å². The Hall–Kier alpha value is -1.53. The molecule has 1 fully saturated rings. The summed E-state index contributed by atoms with van der Waals surface area (Å²) in [6, 6.07) is 11.1. The Balaban J connectivity index is 1.73. The number of benzene rings is 1. The van der Waals surface area contributed by atoms with Gasteiger partial charge in [-0.1, -0.05) is 38.3 Å². The maximum Gasteiger partial charge on any atom is 0.119 e. The lowest BCUT2D eigenvalue weighted by Crippen LogP contribution is -2.31. The highest BCUT2D eigenvalue weighted by Gasteiger charge is 2.26. The van der Waals surface area contributed by atoms with Crippen molar-refractivity contribution in [1.29, 1.82) is 5.26 Å². The van der Waals surface area contributed by atoms with E-state index in [-0.39, 0.29) is 5.92 Å². The smallest absolute Gasteiger partial charge is 0.119 e. The van der Waals surface area contributed by atoms with Crippen LogP contribution in [0, 0.1) is 17.2 Å². The number of nitrogens with zero attached hydrogens (tertiary/aromatic N) is 1. The number of nitriles is 1. The van der Waals surface area contributed by atoms with Gasteiger partial charge in [-0.25, -0.2) is 0 Å². The van der Waals surface area contributed by atoms with Gasteiger partial charge in [0.2, 0.25) is 0 Å². The molecule has 1 aromatic carbocycles. The van der Waals surface area contributed by atoms with Crippen LogP contribution in [-0.2, 0) is 6.54 Å². The molecule has 1 N–H and O–H groups in total. The first-order chi connectivity index (χ1) is 10.3. The molecule has 1 aliphatic rings. The van der Waals surface area contributed by atoms with Crippen molar-refractivity contribution in [1.82, 2.24) is 5.32 Å². The molecule has 0 aromatic heterocycles. The number of rotatable bonds is 8. The number of hydrogen-bond acceptors (Lipinski definition) is 3. The fraction of sp³-hybridized carbons (Fsp3) is 0.611. The monoisotopic (exact) mass is 286 g/mol. The molecule has 3 nitrogen and oxygen atoms in total. The van der Waals surface area contributed by atoms with Crippen molar-refractivity contribution in [2.45, 2.75) is 58.0 Å². The highest BCUT2D eigenvalue weighted by Crippen LogP contribution is 2.25. The molecule has 0 bridgehead atoms. The van der Waals surface area contributed by atoms with E-state index >= 15 is 0 Å². The van der Waals surface area contributed by atoms with Gasteiger partial charge in [0.05, 0.1) is 18.6 Å². The van der Waals surface area contributed by atoms with Crippen LogP contribution in [0.5, 0.6) is 5.75 Å². The summed E-state index contributed by atoms with van der Waals surface area (Å²) in [5, 5.41) is 12.6. The topological polar surface area (TPSA) is 45.0 Å². The van der Waals surface area contributed by atoms with Gasteiger partial charge in [0.15, 0.2) is 0 Å². The fourth-order valence-electron chi connectivity index (χ4n) is 2.85. The summed E-state index contributed by atoms with van der Waals surface area (Å²) >= 11 is 0. The molecule has 114 valence electrons. The normalized spacial score (nSPS) is 21.1. The number of ether oxygens (including phenoxy) is 1. The third kappa shape index (κ3) is 5.06. The van der Waals surface area contributed by atoms with E-state index in [0.717, 1.165) is 38.2 Å². The minimum absolute atomic E-state index is 0.186. The quantitative estimate of drug-likeness (QED) is 0.734. The molecule has 21 heavy (non-hydrogen) atoms. The van der Waals surface area contributed by atoms with Crippen LogP contribution in [0.1, 0.15) is 51.0 Å². The molecule has 2 atom stereocenters. The Morgan fingerprint density at radius 2 is 2.05 bits per heavy atom. The van der Waals surface area contributed by atoms with E-state index in [1.54, 1.807) is 0 Å². The molecule has 1 aliphatic carbocycles. The molecule has 1 saturated carbocycles. The van der Waals surface area contributed by atoms with Gasteiger partial charge in [0.1, 0.15) is 5.75 Å².